The second kappa shape index (κ2) is 5.89. The van der Waals surface area contributed by atoms with Gasteiger partial charge in [-0.15, -0.1) is 0 Å². The lowest BCUT2D eigenvalue weighted by molar-refractivity contribution is -0.137. The summed E-state index contributed by atoms with van der Waals surface area (Å²) in [4.78, 5) is 48.1. The number of carbonyl (C=O) groups excluding carboxylic acids is 4. The van der Waals surface area contributed by atoms with Gasteiger partial charge in [0.05, 0.1) is 26.2 Å². The summed E-state index contributed by atoms with van der Waals surface area (Å²) in [5, 5.41) is 4.47. The molecule has 2 aliphatic heterocycles. The molecule has 0 aromatic carbocycles. The molecule has 0 aromatic rings. The molecule has 8 heteroatoms. The van der Waals surface area contributed by atoms with Gasteiger partial charge in [-0.1, -0.05) is 0 Å². The molecule has 0 atom stereocenters. The van der Waals surface area contributed by atoms with E-state index in [9.17, 15) is 19.2 Å². The highest BCUT2D eigenvalue weighted by molar-refractivity contribution is 5.99. The van der Waals surface area contributed by atoms with E-state index in [2.05, 4.69) is 10.6 Å². The Balaban J connectivity index is 1.71. The average Bonchev–Trinajstić information content (AvgIpc) is 2.26. The number of nitrogens with one attached hydrogen (secondary N) is 2. The Bertz CT molecular complexity index is 353. The number of piperazine rings is 2. The number of rotatable bonds is 4. The van der Waals surface area contributed by atoms with Gasteiger partial charge in [0.1, 0.15) is 0 Å². The molecule has 0 aliphatic carbocycles. The van der Waals surface area contributed by atoms with Crippen molar-refractivity contribution in [2.45, 2.75) is 6.42 Å². The number of carbonyl (C=O) groups is 4. The van der Waals surface area contributed by atoms with Gasteiger partial charge < -0.3 is 0 Å². The SMILES string of the molecule is O=C1CN(CCCN2CC(=O)NC(=O)C2)CC(=O)N1. The maximum Gasteiger partial charge on any atom is 0.240 e. The number of nitrogens with zero attached hydrogens (tertiary/aromatic N) is 2. The zero-order valence-electron chi connectivity index (χ0n) is 10.5. The van der Waals surface area contributed by atoms with Crippen LogP contribution in [0.1, 0.15) is 6.42 Å². The third-order valence-corrected chi connectivity index (χ3v) is 2.98. The highest BCUT2D eigenvalue weighted by Crippen LogP contribution is 2.00. The van der Waals surface area contributed by atoms with Gasteiger partial charge >= 0.3 is 0 Å². The molecule has 0 radical (unpaired) electrons. The van der Waals surface area contributed by atoms with Crippen LogP contribution in [0.15, 0.2) is 0 Å². The van der Waals surface area contributed by atoms with Gasteiger partial charge in [0.2, 0.25) is 23.6 Å². The van der Waals surface area contributed by atoms with Crippen LogP contribution in [0.2, 0.25) is 0 Å². The van der Waals surface area contributed by atoms with Crippen LogP contribution in [-0.4, -0.2) is 72.7 Å². The first-order valence-electron chi connectivity index (χ1n) is 6.13. The fourth-order valence-electron chi connectivity index (χ4n) is 2.23. The summed E-state index contributed by atoms with van der Waals surface area (Å²) in [6, 6.07) is 0. The van der Waals surface area contributed by atoms with E-state index in [4.69, 9.17) is 0 Å². The third-order valence-electron chi connectivity index (χ3n) is 2.98. The molecule has 19 heavy (non-hydrogen) atoms. The molecule has 0 saturated carbocycles. The molecule has 2 aliphatic rings. The first kappa shape index (κ1) is 13.6. The lowest BCUT2D eigenvalue weighted by Gasteiger charge is -2.28. The van der Waals surface area contributed by atoms with Crippen molar-refractivity contribution in [1.82, 2.24) is 20.4 Å². The van der Waals surface area contributed by atoms with Crippen LogP contribution in [0.5, 0.6) is 0 Å². The normalized spacial score (nSPS) is 22.3. The topological polar surface area (TPSA) is 98.8 Å². The molecule has 0 aromatic heterocycles. The molecule has 2 saturated heterocycles. The van der Waals surface area contributed by atoms with E-state index in [1.54, 1.807) is 9.80 Å². The maximum absolute atomic E-state index is 11.2. The summed E-state index contributed by atoms with van der Waals surface area (Å²) in [6.45, 7) is 2.03. The molecule has 2 rings (SSSR count). The molecule has 2 N–H and O–H groups in total. The van der Waals surface area contributed by atoms with Crippen LogP contribution in [0, 0.1) is 0 Å². The minimum atomic E-state index is -0.288. The Morgan fingerprint density at radius 2 is 1.00 bits per heavy atom. The van der Waals surface area contributed by atoms with E-state index in [1.807, 2.05) is 0 Å². The number of imide groups is 2. The standard InChI is InChI=1S/C11H16N4O4/c16-8-4-14(5-9(17)12-8)2-1-3-15-6-10(18)13-11(19)7-15/h1-7H2,(H,12,16,17)(H,13,18,19). The Hall–Kier alpha value is -1.80. The molecular formula is C11H16N4O4. The van der Waals surface area contributed by atoms with Crippen molar-refractivity contribution in [3.63, 3.8) is 0 Å². The Kier molecular flexibility index (Phi) is 4.23. The summed E-state index contributed by atoms with van der Waals surface area (Å²) in [5.74, 6) is -1.15. The van der Waals surface area contributed by atoms with Crippen LogP contribution in [0.4, 0.5) is 0 Å². The van der Waals surface area contributed by atoms with E-state index >= 15 is 0 Å². The molecule has 8 nitrogen and oxygen atoms in total. The van der Waals surface area contributed by atoms with Crippen molar-refractivity contribution >= 4 is 23.6 Å². The van der Waals surface area contributed by atoms with Crippen molar-refractivity contribution in [3.05, 3.63) is 0 Å². The monoisotopic (exact) mass is 268 g/mol. The van der Waals surface area contributed by atoms with Crippen molar-refractivity contribution in [2.24, 2.45) is 0 Å². The Labute approximate surface area is 110 Å². The largest absolute Gasteiger partial charge is 0.294 e. The van der Waals surface area contributed by atoms with Gasteiger partial charge in [-0.25, -0.2) is 0 Å². The summed E-state index contributed by atoms with van der Waals surface area (Å²) in [7, 11) is 0. The fraction of sp³-hybridized carbons (Fsp3) is 0.636. The molecule has 0 unspecified atom stereocenters. The summed E-state index contributed by atoms with van der Waals surface area (Å²) < 4.78 is 0. The van der Waals surface area contributed by atoms with Gasteiger partial charge in [0.15, 0.2) is 0 Å². The predicted molar refractivity (Wildman–Crippen MR) is 63.8 cm³/mol. The van der Waals surface area contributed by atoms with E-state index in [1.165, 1.54) is 0 Å². The van der Waals surface area contributed by atoms with Crippen LogP contribution in [0.25, 0.3) is 0 Å². The zero-order chi connectivity index (χ0) is 13.8. The molecule has 104 valence electrons. The lowest BCUT2D eigenvalue weighted by atomic mass is 10.2. The van der Waals surface area contributed by atoms with Crippen LogP contribution in [-0.2, 0) is 19.2 Å². The molecule has 4 amide bonds. The molecule has 2 fully saturated rings. The average molecular weight is 268 g/mol. The van der Waals surface area contributed by atoms with Crippen molar-refractivity contribution < 1.29 is 19.2 Å². The first-order valence-corrected chi connectivity index (χ1v) is 6.13. The maximum atomic E-state index is 11.2. The van der Waals surface area contributed by atoms with Gasteiger partial charge in [0, 0.05) is 13.1 Å². The Morgan fingerprint density at radius 3 is 1.32 bits per heavy atom. The predicted octanol–water partition coefficient (Wildman–Crippen LogP) is -2.71. The number of hydrogen-bond donors (Lipinski definition) is 2. The van der Waals surface area contributed by atoms with Crippen LogP contribution < -0.4 is 10.6 Å². The van der Waals surface area contributed by atoms with Crippen molar-refractivity contribution in [3.8, 4) is 0 Å². The van der Waals surface area contributed by atoms with E-state index in [-0.39, 0.29) is 49.8 Å². The van der Waals surface area contributed by atoms with Crippen LogP contribution >= 0.6 is 0 Å². The summed E-state index contributed by atoms with van der Waals surface area (Å²) in [5.41, 5.74) is 0. The van der Waals surface area contributed by atoms with Gasteiger partial charge in [-0.05, 0) is 6.42 Å². The third kappa shape index (κ3) is 4.11. The first-order chi connectivity index (χ1) is 9.02. The highest BCUT2D eigenvalue weighted by Gasteiger charge is 2.24. The summed E-state index contributed by atoms with van der Waals surface area (Å²) in [6.07, 6.45) is 0.696. The zero-order valence-corrected chi connectivity index (χ0v) is 10.5. The van der Waals surface area contributed by atoms with Crippen molar-refractivity contribution in [1.29, 1.82) is 0 Å². The smallest absolute Gasteiger partial charge is 0.240 e. The van der Waals surface area contributed by atoms with Crippen molar-refractivity contribution in [2.75, 3.05) is 39.3 Å². The van der Waals surface area contributed by atoms with Crippen LogP contribution in [0.3, 0.4) is 0 Å². The molecule has 0 bridgehead atoms. The number of amides is 4. The second-order valence-corrected chi connectivity index (χ2v) is 4.72. The van der Waals surface area contributed by atoms with Gasteiger partial charge in [-0.3, -0.25) is 39.6 Å². The van der Waals surface area contributed by atoms with Gasteiger partial charge in [0.25, 0.3) is 0 Å². The Morgan fingerprint density at radius 1 is 0.684 bits per heavy atom. The second-order valence-electron chi connectivity index (χ2n) is 4.72. The minimum Gasteiger partial charge on any atom is -0.294 e. The summed E-state index contributed by atoms with van der Waals surface area (Å²) >= 11 is 0. The molecule has 0 spiro atoms. The minimum absolute atomic E-state index is 0.213. The van der Waals surface area contributed by atoms with E-state index < -0.39 is 0 Å². The van der Waals surface area contributed by atoms with E-state index in [0.717, 1.165) is 0 Å². The highest BCUT2D eigenvalue weighted by atomic mass is 16.2. The lowest BCUT2D eigenvalue weighted by Crippen LogP contribution is -2.53. The fourth-order valence-corrected chi connectivity index (χ4v) is 2.23. The van der Waals surface area contributed by atoms with E-state index in [0.29, 0.717) is 19.5 Å². The quantitative estimate of drug-likeness (QED) is 0.538. The molecule has 2 heterocycles. The van der Waals surface area contributed by atoms with Gasteiger partial charge in [-0.2, -0.15) is 0 Å². The molecular weight excluding hydrogens is 252 g/mol. The number of hydrogen-bond acceptors (Lipinski definition) is 6.